The van der Waals surface area contributed by atoms with Crippen molar-refractivity contribution < 1.29 is 4.74 Å². The lowest BCUT2D eigenvalue weighted by molar-refractivity contribution is 0.261. The van der Waals surface area contributed by atoms with Gasteiger partial charge in [0.1, 0.15) is 18.2 Å². The van der Waals surface area contributed by atoms with E-state index >= 15 is 0 Å². The molecule has 2 rings (SSSR count). The SMILES string of the molecule is CCn1ccnc1CNc1cccc(OCCN(C)C)c1. The molecule has 2 aromatic rings. The predicted molar refractivity (Wildman–Crippen MR) is 85.7 cm³/mol. The van der Waals surface area contributed by atoms with Gasteiger partial charge in [0.2, 0.25) is 0 Å². The number of anilines is 1. The Labute approximate surface area is 126 Å². The number of hydrogen-bond donors (Lipinski definition) is 1. The fourth-order valence-corrected chi connectivity index (χ4v) is 2.02. The van der Waals surface area contributed by atoms with Crippen molar-refractivity contribution in [1.29, 1.82) is 0 Å². The largest absolute Gasteiger partial charge is 0.492 e. The van der Waals surface area contributed by atoms with Crippen molar-refractivity contribution in [3.63, 3.8) is 0 Å². The van der Waals surface area contributed by atoms with Crippen LogP contribution >= 0.6 is 0 Å². The molecule has 1 N–H and O–H groups in total. The first-order valence-electron chi connectivity index (χ1n) is 7.30. The number of likely N-dealkylation sites (N-methyl/N-ethyl adjacent to an activating group) is 1. The van der Waals surface area contributed by atoms with E-state index in [1.807, 2.05) is 50.8 Å². The third kappa shape index (κ3) is 4.79. The summed E-state index contributed by atoms with van der Waals surface area (Å²) in [5.41, 5.74) is 1.04. The smallest absolute Gasteiger partial charge is 0.128 e. The minimum Gasteiger partial charge on any atom is -0.492 e. The Hall–Kier alpha value is -2.01. The van der Waals surface area contributed by atoms with Gasteiger partial charge in [-0.3, -0.25) is 0 Å². The van der Waals surface area contributed by atoms with Crippen LogP contribution in [0.15, 0.2) is 36.7 Å². The second-order valence-electron chi connectivity index (χ2n) is 5.16. The van der Waals surface area contributed by atoms with Crippen LogP contribution in [0.2, 0.25) is 0 Å². The maximum Gasteiger partial charge on any atom is 0.128 e. The zero-order chi connectivity index (χ0) is 15.1. The number of nitrogens with one attached hydrogen (secondary N) is 1. The topological polar surface area (TPSA) is 42.3 Å². The van der Waals surface area contributed by atoms with Crippen molar-refractivity contribution in [3.8, 4) is 5.75 Å². The van der Waals surface area contributed by atoms with E-state index in [9.17, 15) is 0 Å². The zero-order valence-corrected chi connectivity index (χ0v) is 13.0. The molecule has 0 unspecified atom stereocenters. The Balaban J connectivity index is 1.89. The normalized spacial score (nSPS) is 10.9. The second kappa shape index (κ2) is 7.69. The molecule has 0 saturated heterocycles. The number of hydrogen-bond acceptors (Lipinski definition) is 4. The first kappa shape index (κ1) is 15.4. The van der Waals surface area contributed by atoms with Crippen LogP contribution < -0.4 is 10.1 Å². The first-order chi connectivity index (χ1) is 10.2. The highest BCUT2D eigenvalue weighted by Crippen LogP contribution is 2.18. The Morgan fingerprint density at radius 2 is 2.19 bits per heavy atom. The Kier molecular flexibility index (Phi) is 5.63. The van der Waals surface area contributed by atoms with E-state index in [1.54, 1.807) is 0 Å². The quantitative estimate of drug-likeness (QED) is 0.810. The maximum absolute atomic E-state index is 5.74. The highest BCUT2D eigenvalue weighted by Gasteiger charge is 2.02. The number of benzene rings is 1. The molecule has 0 bridgehead atoms. The van der Waals surface area contributed by atoms with Crippen molar-refractivity contribution in [2.45, 2.75) is 20.0 Å². The summed E-state index contributed by atoms with van der Waals surface area (Å²) in [6.45, 7) is 5.36. The molecule has 5 heteroatoms. The summed E-state index contributed by atoms with van der Waals surface area (Å²) in [6, 6.07) is 8.04. The summed E-state index contributed by atoms with van der Waals surface area (Å²) in [5.74, 6) is 1.93. The number of aryl methyl sites for hydroxylation is 1. The van der Waals surface area contributed by atoms with Gasteiger partial charge in [-0.25, -0.2) is 4.98 Å². The molecule has 21 heavy (non-hydrogen) atoms. The molecule has 1 heterocycles. The van der Waals surface area contributed by atoms with Gasteiger partial charge in [0.05, 0.1) is 6.54 Å². The molecule has 5 nitrogen and oxygen atoms in total. The number of rotatable bonds is 8. The highest BCUT2D eigenvalue weighted by molar-refractivity contribution is 5.48. The van der Waals surface area contributed by atoms with Crippen molar-refractivity contribution in [3.05, 3.63) is 42.5 Å². The van der Waals surface area contributed by atoms with Crippen LogP contribution in [-0.2, 0) is 13.1 Å². The van der Waals surface area contributed by atoms with E-state index in [-0.39, 0.29) is 0 Å². The van der Waals surface area contributed by atoms with Crippen LogP contribution in [0.4, 0.5) is 5.69 Å². The van der Waals surface area contributed by atoms with E-state index in [4.69, 9.17) is 4.74 Å². The average Bonchev–Trinajstić information content (AvgIpc) is 2.92. The van der Waals surface area contributed by atoms with Gasteiger partial charge in [0.25, 0.3) is 0 Å². The van der Waals surface area contributed by atoms with Gasteiger partial charge in [-0.1, -0.05) is 6.07 Å². The molecule has 1 aromatic heterocycles. The van der Waals surface area contributed by atoms with Gasteiger partial charge in [-0.05, 0) is 33.2 Å². The van der Waals surface area contributed by atoms with E-state index in [1.165, 1.54) is 0 Å². The average molecular weight is 288 g/mol. The molecular formula is C16H24N4O. The minimum atomic E-state index is 0.691. The third-order valence-corrected chi connectivity index (χ3v) is 3.23. The van der Waals surface area contributed by atoms with Gasteiger partial charge in [-0.15, -0.1) is 0 Å². The van der Waals surface area contributed by atoms with Crippen molar-refractivity contribution >= 4 is 5.69 Å². The Bertz CT molecular complexity index is 551. The first-order valence-corrected chi connectivity index (χ1v) is 7.30. The summed E-state index contributed by atoms with van der Waals surface area (Å²) < 4.78 is 7.87. The Morgan fingerprint density at radius 1 is 1.33 bits per heavy atom. The highest BCUT2D eigenvalue weighted by atomic mass is 16.5. The van der Waals surface area contributed by atoms with Gasteiger partial charge in [0.15, 0.2) is 0 Å². The van der Waals surface area contributed by atoms with Gasteiger partial charge < -0.3 is 19.5 Å². The molecule has 0 saturated carbocycles. The van der Waals surface area contributed by atoms with Gasteiger partial charge >= 0.3 is 0 Å². The summed E-state index contributed by atoms with van der Waals surface area (Å²) >= 11 is 0. The summed E-state index contributed by atoms with van der Waals surface area (Å²) in [5, 5.41) is 3.39. The lowest BCUT2D eigenvalue weighted by Gasteiger charge is -2.12. The van der Waals surface area contributed by atoms with Crippen LogP contribution in [0.3, 0.4) is 0 Å². The molecule has 0 aliphatic carbocycles. The van der Waals surface area contributed by atoms with E-state index in [2.05, 4.69) is 26.7 Å². The number of imidazole rings is 1. The minimum absolute atomic E-state index is 0.691. The molecule has 0 aliphatic rings. The molecule has 0 amide bonds. The summed E-state index contributed by atoms with van der Waals surface area (Å²) in [7, 11) is 4.08. The monoisotopic (exact) mass is 288 g/mol. The molecule has 0 aliphatic heterocycles. The molecule has 114 valence electrons. The summed E-state index contributed by atoms with van der Waals surface area (Å²) in [4.78, 5) is 6.46. The van der Waals surface area contributed by atoms with Crippen LogP contribution in [0.25, 0.3) is 0 Å². The van der Waals surface area contributed by atoms with Crippen molar-refractivity contribution in [2.75, 3.05) is 32.6 Å². The van der Waals surface area contributed by atoms with Gasteiger partial charge in [-0.2, -0.15) is 0 Å². The molecular weight excluding hydrogens is 264 g/mol. The van der Waals surface area contributed by atoms with Crippen molar-refractivity contribution in [1.82, 2.24) is 14.5 Å². The van der Waals surface area contributed by atoms with Gasteiger partial charge in [0, 0.05) is 37.2 Å². The molecule has 0 spiro atoms. The van der Waals surface area contributed by atoms with E-state index in [0.717, 1.165) is 30.4 Å². The second-order valence-corrected chi connectivity index (χ2v) is 5.16. The molecule has 0 atom stereocenters. The summed E-state index contributed by atoms with van der Waals surface area (Å²) in [6.07, 6.45) is 3.83. The van der Waals surface area contributed by atoms with E-state index < -0.39 is 0 Å². The zero-order valence-electron chi connectivity index (χ0n) is 13.0. The Morgan fingerprint density at radius 3 is 2.95 bits per heavy atom. The van der Waals surface area contributed by atoms with E-state index in [0.29, 0.717) is 13.2 Å². The predicted octanol–water partition coefficient (Wildman–Crippen LogP) is 2.46. The fourth-order valence-electron chi connectivity index (χ4n) is 2.02. The van der Waals surface area contributed by atoms with Crippen molar-refractivity contribution in [2.24, 2.45) is 0 Å². The van der Waals surface area contributed by atoms with Crippen LogP contribution in [0.5, 0.6) is 5.75 Å². The molecule has 0 fully saturated rings. The number of nitrogens with zero attached hydrogens (tertiary/aromatic N) is 3. The fraction of sp³-hybridized carbons (Fsp3) is 0.438. The standard InChI is InChI=1S/C16H24N4O/c1-4-20-9-8-17-16(20)13-18-14-6-5-7-15(12-14)21-11-10-19(2)3/h5-9,12,18H,4,10-11,13H2,1-3H3. The number of ether oxygens (including phenoxy) is 1. The number of aromatic nitrogens is 2. The lowest BCUT2D eigenvalue weighted by Crippen LogP contribution is -2.19. The molecule has 1 aromatic carbocycles. The van der Waals surface area contributed by atoms with Crippen LogP contribution in [0.1, 0.15) is 12.7 Å². The van der Waals surface area contributed by atoms with Crippen LogP contribution in [-0.4, -0.2) is 41.7 Å². The maximum atomic E-state index is 5.74. The molecule has 0 radical (unpaired) electrons. The van der Waals surface area contributed by atoms with Crippen LogP contribution in [0, 0.1) is 0 Å². The third-order valence-electron chi connectivity index (χ3n) is 3.23. The lowest BCUT2D eigenvalue weighted by atomic mass is 10.3.